The summed E-state index contributed by atoms with van der Waals surface area (Å²) in [7, 11) is 0. The molecule has 2 aromatic carbocycles. The zero-order valence-electron chi connectivity index (χ0n) is 9.68. The van der Waals surface area contributed by atoms with Crippen molar-refractivity contribution >= 4 is 17.8 Å². The van der Waals surface area contributed by atoms with Crippen molar-refractivity contribution in [2.75, 3.05) is 0 Å². The predicted octanol–water partition coefficient (Wildman–Crippen LogP) is 4.52. The maximum Gasteiger partial charge on any atom is 0.0721 e. The summed E-state index contributed by atoms with van der Waals surface area (Å²) >= 11 is 5.83. The Morgan fingerprint density at radius 3 is 2.29 bits per heavy atom. The monoisotopic (exact) mass is 243 g/mol. The van der Waals surface area contributed by atoms with Crippen LogP contribution in [0.2, 0.25) is 5.02 Å². The van der Waals surface area contributed by atoms with Crippen molar-refractivity contribution in [3.63, 3.8) is 0 Å². The second-order valence-corrected chi connectivity index (χ2v) is 4.35. The van der Waals surface area contributed by atoms with Crippen LogP contribution in [0.3, 0.4) is 0 Å². The van der Waals surface area contributed by atoms with Gasteiger partial charge in [-0.05, 0) is 30.2 Å². The number of hydrogen-bond donors (Lipinski definition) is 0. The quantitative estimate of drug-likeness (QED) is 0.703. The van der Waals surface area contributed by atoms with Crippen LogP contribution >= 0.6 is 11.6 Å². The Bertz CT molecular complexity index is 488. The Morgan fingerprint density at radius 2 is 1.65 bits per heavy atom. The highest BCUT2D eigenvalue weighted by molar-refractivity contribution is 6.30. The molecule has 86 valence electrons. The van der Waals surface area contributed by atoms with Gasteiger partial charge >= 0.3 is 0 Å². The molecule has 0 amide bonds. The fourth-order valence-corrected chi connectivity index (χ4v) is 1.69. The van der Waals surface area contributed by atoms with Gasteiger partial charge in [-0.2, -0.15) is 0 Å². The molecule has 0 spiro atoms. The Kier molecular flexibility index (Phi) is 3.94. The van der Waals surface area contributed by atoms with Crippen LogP contribution in [0.25, 0.3) is 0 Å². The number of hydrogen-bond acceptors (Lipinski definition) is 1. The molecule has 1 nitrogen and oxygen atoms in total. The van der Waals surface area contributed by atoms with Crippen LogP contribution in [-0.2, 0) is 0 Å². The fourth-order valence-electron chi connectivity index (χ4n) is 1.56. The molecular formula is C15H14ClN. The van der Waals surface area contributed by atoms with Crippen molar-refractivity contribution in [2.24, 2.45) is 4.99 Å². The molecule has 0 aliphatic heterocycles. The van der Waals surface area contributed by atoms with E-state index < -0.39 is 0 Å². The molecule has 2 aromatic rings. The van der Waals surface area contributed by atoms with Crippen LogP contribution in [0.5, 0.6) is 0 Å². The first-order chi connectivity index (χ1) is 8.25. The third kappa shape index (κ3) is 3.43. The van der Waals surface area contributed by atoms with Crippen LogP contribution in [0.1, 0.15) is 24.1 Å². The minimum Gasteiger partial charge on any atom is -0.285 e. The van der Waals surface area contributed by atoms with Gasteiger partial charge in [0.1, 0.15) is 0 Å². The van der Waals surface area contributed by atoms with E-state index in [0.29, 0.717) is 0 Å². The summed E-state index contributed by atoms with van der Waals surface area (Å²) in [6.45, 7) is 2.09. The molecule has 0 N–H and O–H groups in total. The van der Waals surface area contributed by atoms with E-state index in [1.165, 1.54) is 5.56 Å². The molecular weight excluding hydrogens is 230 g/mol. The van der Waals surface area contributed by atoms with Gasteiger partial charge in [-0.1, -0.05) is 54.1 Å². The minimum absolute atomic E-state index is 0.173. The van der Waals surface area contributed by atoms with E-state index in [-0.39, 0.29) is 6.04 Å². The van der Waals surface area contributed by atoms with Crippen LogP contribution in [0.4, 0.5) is 0 Å². The van der Waals surface area contributed by atoms with Crippen molar-refractivity contribution in [3.05, 3.63) is 70.7 Å². The largest absolute Gasteiger partial charge is 0.285 e. The summed E-state index contributed by atoms with van der Waals surface area (Å²) < 4.78 is 0. The molecule has 0 radical (unpaired) electrons. The van der Waals surface area contributed by atoms with Gasteiger partial charge in [-0.25, -0.2) is 0 Å². The summed E-state index contributed by atoms with van der Waals surface area (Å²) in [4.78, 5) is 4.53. The van der Waals surface area contributed by atoms with E-state index >= 15 is 0 Å². The van der Waals surface area contributed by atoms with E-state index in [0.717, 1.165) is 10.6 Å². The van der Waals surface area contributed by atoms with Crippen LogP contribution < -0.4 is 0 Å². The zero-order valence-corrected chi connectivity index (χ0v) is 10.4. The van der Waals surface area contributed by atoms with Gasteiger partial charge in [0.05, 0.1) is 6.04 Å². The van der Waals surface area contributed by atoms with E-state index in [1.807, 2.05) is 48.7 Å². The normalized spacial score (nSPS) is 12.8. The SMILES string of the molecule is C[C@@H](/N=C/c1ccc(Cl)cc1)c1ccccc1. The predicted molar refractivity (Wildman–Crippen MR) is 73.9 cm³/mol. The van der Waals surface area contributed by atoms with Gasteiger partial charge in [0.25, 0.3) is 0 Å². The molecule has 0 unspecified atom stereocenters. The number of halogens is 1. The maximum absolute atomic E-state index is 5.83. The molecule has 0 saturated carbocycles. The highest BCUT2D eigenvalue weighted by Gasteiger charge is 2.00. The lowest BCUT2D eigenvalue weighted by Crippen LogP contribution is -1.90. The number of benzene rings is 2. The van der Waals surface area contributed by atoms with E-state index in [9.17, 15) is 0 Å². The summed E-state index contributed by atoms with van der Waals surface area (Å²) in [5, 5.41) is 0.748. The minimum atomic E-state index is 0.173. The molecule has 0 heterocycles. The van der Waals surface area contributed by atoms with Gasteiger partial charge in [0, 0.05) is 11.2 Å². The summed E-state index contributed by atoms with van der Waals surface area (Å²) in [5.41, 5.74) is 2.29. The van der Waals surface area contributed by atoms with Crippen molar-refractivity contribution in [3.8, 4) is 0 Å². The zero-order chi connectivity index (χ0) is 12.1. The molecule has 0 saturated heterocycles. The lowest BCUT2D eigenvalue weighted by Gasteiger charge is -2.05. The van der Waals surface area contributed by atoms with Crippen molar-refractivity contribution in [2.45, 2.75) is 13.0 Å². The van der Waals surface area contributed by atoms with Gasteiger partial charge in [-0.15, -0.1) is 0 Å². The highest BCUT2D eigenvalue weighted by Crippen LogP contribution is 2.16. The highest BCUT2D eigenvalue weighted by atomic mass is 35.5. The van der Waals surface area contributed by atoms with Crippen LogP contribution in [0.15, 0.2) is 59.6 Å². The molecule has 0 aliphatic rings. The lowest BCUT2D eigenvalue weighted by atomic mass is 10.1. The van der Waals surface area contributed by atoms with Crippen LogP contribution in [-0.4, -0.2) is 6.21 Å². The Balaban J connectivity index is 2.08. The second kappa shape index (κ2) is 5.65. The summed E-state index contributed by atoms with van der Waals surface area (Å²) in [6.07, 6.45) is 1.88. The standard InChI is InChI=1S/C15H14ClN/c1-12(14-5-3-2-4-6-14)17-11-13-7-9-15(16)10-8-13/h2-12H,1H3/b17-11+/t12-/m1/s1. The molecule has 0 aromatic heterocycles. The first-order valence-electron chi connectivity index (χ1n) is 5.59. The molecule has 0 bridgehead atoms. The molecule has 17 heavy (non-hydrogen) atoms. The molecule has 0 aliphatic carbocycles. The molecule has 0 fully saturated rings. The average molecular weight is 244 g/mol. The summed E-state index contributed by atoms with van der Waals surface area (Å²) in [6, 6.07) is 18.1. The first kappa shape index (κ1) is 11.9. The Labute approximate surface area is 107 Å². The number of nitrogens with zero attached hydrogens (tertiary/aromatic N) is 1. The third-order valence-corrected chi connectivity index (χ3v) is 2.85. The number of aliphatic imine (C=N–C) groups is 1. The fraction of sp³-hybridized carbons (Fsp3) is 0.133. The van der Waals surface area contributed by atoms with Crippen LogP contribution in [0, 0.1) is 0 Å². The number of rotatable bonds is 3. The Hall–Kier alpha value is -1.60. The lowest BCUT2D eigenvalue weighted by molar-refractivity contribution is 0.825. The molecule has 2 rings (SSSR count). The maximum atomic E-state index is 5.83. The third-order valence-electron chi connectivity index (χ3n) is 2.60. The second-order valence-electron chi connectivity index (χ2n) is 3.92. The Morgan fingerprint density at radius 1 is 1.00 bits per heavy atom. The summed E-state index contributed by atoms with van der Waals surface area (Å²) in [5.74, 6) is 0. The van der Waals surface area contributed by atoms with Crippen molar-refractivity contribution in [1.82, 2.24) is 0 Å². The van der Waals surface area contributed by atoms with Crippen molar-refractivity contribution < 1.29 is 0 Å². The van der Waals surface area contributed by atoms with Gasteiger partial charge < -0.3 is 0 Å². The van der Waals surface area contributed by atoms with Gasteiger partial charge in [-0.3, -0.25) is 4.99 Å². The topological polar surface area (TPSA) is 12.4 Å². The van der Waals surface area contributed by atoms with Crippen molar-refractivity contribution in [1.29, 1.82) is 0 Å². The smallest absolute Gasteiger partial charge is 0.0721 e. The van der Waals surface area contributed by atoms with E-state index in [4.69, 9.17) is 11.6 Å². The van der Waals surface area contributed by atoms with Gasteiger partial charge in [0.15, 0.2) is 0 Å². The molecule has 2 heteroatoms. The van der Waals surface area contributed by atoms with E-state index in [1.54, 1.807) is 0 Å². The van der Waals surface area contributed by atoms with E-state index in [2.05, 4.69) is 24.0 Å². The first-order valence-corrected chi connectivity index (χ1v) is 5.97. The molecule has 1 atom stereocenters. The van der Waals surface area contributed by atoms with Gasteiger partial charge in [0.2, 0.25) is 0 Å². The average Bonchev–Trinajstić information content (AvgIpc) is 2.39.